The molecule has 1 aliphatic rings. The van der Waals surface area contributed by atoms with E-state index in [1.54, 1.807) is 0 Å². The fourth-order valence-electron chi connectivity index (χ4n) is 5.78. The van der Waals surface area contributed by atoms with Crippen molar-refractivity contribution in [1.29, 1.82) is 0 Å². The number of anilines is 3. The molecule has 1 fully saturated rings. The van der Waals surface area contributed by atoms with Crippen LogP contribution in [0.15, 0.2) is 91.1 Å². The lowest BCUT2D eigenvalue weighted by Gasteiger charge is -2.24. The lowest BCUT2D eigenvalue weighted by atomic mass is 10.0. The summed E-state index contributed by atoms with van der Waals surface area (Å²) >= 11 is 0. The zero-order valence-corrected chi connectivity index (χ0v) is 24.3. The summed E-state index contributed by atoms with van der Waals surface area (Å²) in [5.41, 5.74) is 7.81. The Morgan fingerprint density at radius 1 is 0.762 bits per heavy atom. The Hall–Kier alpha value is -4.91. The molecule has 7 heteroatoms. The molecule has 3 aromatic heterocycles. The van der Waals surface area contributed by atoms with Crippen LogP contribution in [0.4, 0.5) is 17.2 Å². The van der Waals surface area contributed by atoms with Gasteiger partial charge in [-0.15, -0.1) is 0 Å². The van der Waals surface area contributed by atoms with Crippen LogP contribution in [-0.2, 0) is 4.79 Å². The van der Waals surface area contributed by atoms with Crippen molar-refractivity contribution in [2.45, 2.75) is 27.2 Å². The van der Waals surface area contributed by atoms with Gasteiger partial charge in [0.05, 0.1) is 0 Å². The topological polar surface area (TPSA) is 70.0 Å². The van der Waals surface area contributed by atoms with Crippen LogP contribution in [0.3, 0.4) is 0 Å². The average Bonchev–Trinajstić information content (AvgIpc) is 3.17. The van der Waals surface area contributed by atoms with E-state index in [4.69, 9.17) is 4.98 Å². The number of benzene rings is 2. The molecule has 42 heavy (non-hydrogen) atoms. The van der Waals surface area contributed by atoms with E-state index < -0.39 is 11.7 Å². The number of ketones is 1. The molecule has 1 saturated heterocycles. The maximum atomic E-state index is 13.6. The normalized spacial score (nSPS) is 13.7. The largest absolute Gasteiger partial charge is 0.370 e. The molecule has 1 amide bonds. The minimum Gasteiger partial charge on any atom is -0.370 e. The molecular formula is C35H35N5O2. The third kappa shape index (κ3) is 5.63. The van der Waals surface area contributed by atoms with E-state index in [2.05, 4.69) is 34.2 Å². The van der Waals surface area contributed by atoms with Gasteiger partial charge in [0.2, 0.25) is 0 Å². The molecule has 0 spiro atoms. The van der Waals surface area contributed by atoms with Crippen molar-refractivity contribution in [3.63, 3.8) is 0 Å². The van der Waals surface area contributed by atoms with Crippen LogP contribution in [0, 0.1) is 20.8 Å². The molecule has 0 bridgehead atoms. The fourth-order valence-corrected chi connectivity index (χ4v) is 5.78. The van der Waals surface area contributed by atoms with Crippen molar-refractivity contribution in [3.8, 4) is 11.1 Å². The highest BCUT2D eigenvalue weighted by atomic mass is 16.2. The number of amides is 1. The van der Waals surface area contributed by atoms with Crippen molar-refractivity contribution in [2.24, 2.45) is 0 Å². The molecule has 1 aliphatic heterocycles. The second kappa shape index (κ2) is 11.5. The molecule has 6 rings (SSSR count). The summed E-state index contributed by atoms with van der Waals surface area (Å²) in [7, 11) is 0. The maximum absolute atomic E-state index is 13.6. The summed E-state index contributed by atoms with van der Waals surface area (Å²) in [6.45, 7) is 9.79. The SMILES string of the molecule is Cc1cc(C)nc(N2CCCN(c3ccc(NC(=O)C(=O)c4c(-c5ccccc5)cc5ccc(C)cn45)cc3)CC2)c1. The van der Waals surface area contributed by atoms with Gasteiger partial charge in [0, 0.05) is 60.5 Å². The standard InChI is InChI=1S/C35H35N5O2/c1-24-10-13-30-22-31(27-8-5-4-6-9-27)33(40(30)23-24)34(41)35(42)37-28-11-14-29(15-12-28)38-16-7-17-39(19-18-38)32-21-25(2)20-26(3)36-32/h4-6,8-15,20-23H,7,16-19H2,1-3H3,(H,37,42). The van der Waals surface area contributed by atoms with Crippen LogP contribution in [0.5, 0.6) is 0 Å². The van der Waals surface area contributed by atoms with Crippen LogP contribution in [0.25, 0.3) is 16.6 Å². The Balaban J connectivity index is 1.17. The number of hydrogen-bond acceptors (Lipinski definition) is 5. The van der Waals surface area contributed by atoms with Gasteiger partial charge < -0.3 is 19.5 Å². The molecule has 2 aromatic carbocycles. The summed E-state index contributed by atoms with van der Waals surface area (Å²) < 4.78 is 1.82. The molecule has 0 aliphatic carbocycles. The number of nitrogens with zero attached hydrogens (tertiary/aromatic N) is 4. The van der Waals surface area contributed by atoms with Gasteiger partial charge >= 0.3 is 0 Å². The molecule has 0 radical (unpaired) electrons. The third-order valence-corrected chi connectivity index (χ3v) is 7.82. The van der Waals surface area contributed by atoms with E-state index in [1.807, 2.05) is 97.2 Å². The zero-order valence-electron chi connectivity index (χ0n) is 24.3. The van der Waals surface area contributed by atoms with E-state index in [9.17, 15) is 9.59 Å². The first-order valence-corrected chi connectivity index (χ1v) is 14.4. The summed E-state index contributed by atoms with van der Waals surface area (Å²) in [4.78, 5) is 36.4. The van der Waals surface area contributed by atoms with Crippen LogP contribution in [0.2, 0.25) is 0 Å². The number of Topliss-reactive ketones (excluding diaryl/α,β-unsaturated/α-hetero) is 1. The van der Waals surface area contributed by atoms with Gasteiger partial charge in [-0.25, -0.2) is 4.98 Å². The summed E-state index contributed by atoms with van der Waals surface area (Å²) in [6, 6.07) is 27.7. The number of aromatic nitrogens is 2. The number of carbonyl (C=O) groups is 2. The van der Waals surface area contributed by atoms with E-state index in [1.165, 1.54) is 5.56 Å². The van der Waals surface area contributed by atoms with Crippen LogP contribution in [-0.4, -0.2) is 47.3 Å². The second-order valence-electron chi connectivity index (χ2n) is 11.1. The van der Waals surface area contributed by atoms with Gasteiger partial charge in [0.15, 0.2) is 0 Å². The van der Waals surface area contributed by atoms with Crippen molar-refractivity contribution in [3.05, 3.63) is 114 Å². The number of pyridine rings is 2. The number of carbonyl (C=O) groups excluding carboxylic acids is 2. The molecule has 0 atom stereocenters. The molecule has 0 saturated carbocycles. The fraction of sp³-hybridized carbons (Fsp3) is 0.229. The van der Waals surface area contributed by atoms with E-state index >= 15 is 0 Å². The molecule has 5 aromatic rings. The minimum atomic E-state index is -0.659. The highest BCUT2D eigenvalue weighted by Crippen LogP contribution is 2.29. The minimum absolute atomic E-state index is 0.362. The number of aryl methyl sites for hydroxylation is 3. The highest BCUT2D eigenvalue weighted by molar-refractivity contribution is 6.47. The third-order valence-electron chi connectivity index (χ3n) is 7.82. The van der Waals surface area contributed by atoms with E-state index in [0.29, 0.717) is 11.4 Å². The predicted octanol–water partition coefficient (Wildman–Crippen LogP) is 6.46. The highest BCUT2D eigenvalue weighted by Gasteiger charge is 2.25. The van der Waals surface area contributed by atoms with Gasteiger partial charge in [0.1, 0.15) is 11.5 Å². The van der Waals surface area contributed by atoms with Crippen LogP contribution < -0.4 is 15.1 Å². The number of rotatable bonds is 6. The van der Waals surface area contributed by atoms with Gasteiger partial charge in [-0.2, -0.15) is 0 Å². The Labute approximate surface area is 246 Å². The summed E-state index contributed by atoms with van der Waals surface area (Å²) in [6.07, 6.45) is 2.92. The van der Waals surface area contributed by atoms with Gasteiger partial charge in [-0.1, -0.05) is 36.4 Å². The van der Waals surface area contributed by atoms with Crippen LogP contribution >= 0.6 is 0 Å². The molecule has 7 nitrogen and oxygen atoms in total. The molecule has 0 unspecified atom stereocenters. The summed E-state index contributed by atoms with van der Waals surface area (Å²) in [5, 5.41) is 2.83. The van der Waals surface area contributed by atoms with Crippen molar-refractivity contribution >= 4 is 34.4 Å². The van der Waals surface area contributed by atoms with Crippen molar-refractivity contribution < 1.29 is 9.59 Å². The number of fused-ring (bicyclic) bond motifs is 1. The molecule has 1 N–H and O–H groups in total. The van der Waals surface area contributed by atoms with Gasteiger partial charge in [-0.05, 0) is 92.4 Å². The number of hydrogen-bond donors (Lipinski definition) is 1. The van der Waals surface area contributed by atoms with Crippen molar-refractivity contribution in [2.75, 3.05) is 41.3 Å². The number of nitrogens with one attached hydrogen (secondary N) is 1. The molecule has 4 heterocycles. The van der Waals surface area contributed by atoms with Gasteiger partial charge in [0.25, 0.3) is 11.7 Å². The Bertz CT molecular complexity index is 1740. The lowest BCUT2D eigenvalue weighted by molar-refractivity contribution is -0.112. The van der Waals surface area contributed by atoms with Crippen LogP contribution in [0.1, 0.15) is 33.7 Å². The first-order valence-electron chi connectivity index (χ1n) is 14.4. The molecule has 212 valence electrons. The second-order valence-corrected chi connectivity index (χ2v) is 11.1. The Morgan fingerprint density at radius 3 is 2.26 bits per heavy atom. The van der Waals surface area contributed by atoms with E-state index in [0.717, 1.165) is 72.0 Å². The molecular weight excluding hydrogens is 522 g/mol. The zero-order chi connectivity index (χ0) is 29.2. The first-order chi connectivity index (χ1) is 20.4. The Morgan fingerprint density at radius 2 is 1.50 bits per heavy atom. The van der Waals surface area contributed by atoms with Gasteiger partial charge in [-0.3, -0.25) is 9.59 Å². The first kappa shape index (κ1) is 27.3. The predicted molar refractivity (Wildman–Crippen MR) is 170 cm³/mol. The average molecular weight is 558 g/mol. The van der Waals surface area contributed by atoms with Crippen molar-refractivity contribution in [1.82, 2.24) is 9.38 Å². The summed E-state index contributed by atoms with van der Waals surface area (Å²) in [5.74, 6) is -0.192. The maximum Gasteiger partial charge on any atom is 0.298 e. The Kier molecular flexibility index (Phi) is 7.48. The monoisotopic (exact) mass is 557 g/mol. The lowest BCUT2D eigenvalue weighted by Crippen LogP contribution is -2.31. The van der Waals surface area contributed by atoms with E-state index in [-0.39, 0.29) is 0 Å². The smallest absolute Gasteiger partial charge is 0.298 e. The quantitative estimate of drug-likeness (QED) is 0.192.